The van der Waals surface area contributed by atoms with Crippen molar-refractivity contribution >= 4 is 45.6 Å². The third-order valence-electron chi connectivity index (χ3n) is 5.16. The molecule has 2 aliphatic carbocycles. The van der Waals surface area contributed by atoms with Crippen molar-refractivity contribution in [3.05, 3.63) is 20.8 Å². The monoisotopic (exact) mass is 406 g/mol. The number of rotatable bonds is 3. The van der Waals surface area contributed by atoms with Crippen LogP contribution in [0.25, 0.3) is 0 Å². The molecule has 1 aromatic rings. The van der Waals surface area contributed by atoms with Gasteiger partial charge in [0.05, 0.1) is 10.3 Å². The van der Waals surface area contributed by atoms with Crippen molar-refractivity contribution in [1.29, 1.82) is 0 Å². The molecule has 3 nitrogen and oxygen atoms in total. The van der Waals surface area contributed by atoms with Gasteiger partial charge in [0.1, 0.15) is 0 Å². The number of carbonyl (C=O) groups is 1. The Labute approximate surface area is 151 Å². The largest absolute Gasteiger partial charge is 0.340 e. The summed E-state index contributed by atoms with van der Waals surface area (Å²) in [4.78, 5) is 15.9. The zero-order valence-electron chi connectivity index (χ0n) is 12.8. The lowest BCUT2D eigenvalue weighted by Crippen LogP contribution is -2.49. The molecule has 0 aliphatic heterocycles. The fourth-order valence-corrected chi connectivity index (χ4v) is 5.59. The summed E-state index contributed by atoms with van der Waals surface area (Å²) in [5, 5.41) is 0. The first-order valence-corrected chi connectivity index (χ1v) is 9.40. The summed E-state index contributed by atoms with van der Waals surface area (Å²) < 4.78 is 1.12. The molecule has 124 valence electrons. The minimum absolute atomic E-state index is 0. The Morgan fingerprint density at radius 2 is 2.00 bits per heavy atom. The van der Waals surface area contributed by atoms with Crippen LogP contribution in [-0.2, 0) is 11.3 Å². The van der Waals surface area contributed by atoms with E-state index < -0.39 is 0 Å². The quantitative estimate of drug-likeness (QED) is 0.821. The van der Waals surface area contributed by atoms with Gasteiger partial charge in [0, 0.05) is 23.9 Å². The van der Waals surface area contributed by atoms with Crippen molar-refractivity contribution < 1.29 is 4.79 Å². The molecule has 2 bridgehead atoms. The van der Waals surface area contributed by atoms with Gasteiger partial charge >= 0.3 is 0 Å². The third-order valence-corrected chi connectivity index (χ3v) is 6.77. The van der Waals surface area contributed by atoms with Crippen molar-refractivity contribution in [3.63, 3.8) is 0 Å². The minimum atomic E-state index is 0. The highest BCUT2D eigenvalue weighted by Gasteiger charge is 2.41. The minimum Gasteiger partial charge on any atom is -0.340 e. The molecular formula is C16H24BrClN2OS. The van der Waals surface area contributed by atoms with E-state index in [0.29, 0.717) is 30.3 Å². The van der Waals surface area contributed by atoms with Crippen molar-refractivity contribution in [2.24, 2.45) is 23.5 Å². The van der Waals surface area contributed by atoms with Crippen LogP contribution in [0.1, 0.15) is 37.0 Å². The van der Waals surface area contributed by atoms with Gasteiger partial charge < -0.3 is 10.6 Å². The van der Waals surface area contributed by atoms with E-state index in [9.17, 15) is 4.79 Å². The predicted molar refractivity (Wildman–Crippen MR) is 97.3 cm³/mol. The lowest BCUT2D eigenvalue weighted by molar-refractivity contribution is -0.137. The van der Waals surface area contributed by atoms with Gasteiger partial charge in [-0.25, -0.2) is 0 Å². The molecular weight excluding hydrogens is 384 g/mol. The highest BCUT2D eigenvalue weighted by Crippen LogP contribution is 2.42. The summed E-state index contributed by atoms with van der Waals surface area (Å²) in [6.45, 7) is 0.715. The number of hydrogen-bond donors (Lipinski definition) is 1. The van der Waals surface area contributed by atoms with Crippen LogP contribution in [0.15, 0.2) is 15.9 Å². The standard InChI is InChI=1S/C16H23BrN2OS.ClH/c1-19(9-13-5-6-14(17)21-13)16(20)12-7-10-3-2-4-11(8-12)15(10)18;/h5-6,10-12,15H,2-4,7-9,18H2,1H3;1H. The molecule has 0 spiro atoms. The fourth-order valence-electron chi connectivity index (χ4n) is 4.05. The van der Waals surface area contributed by atoms with E-state index in [1.165, 1.54) is 24.1 Å². The van der Waals surface area contributed by atoms with E-state index in [4.69, 9.17) is 5.73 Å². The second kappa shape index (κ2) is 7.65. The molecule has 1 aromatic heterocycles. The van der Waals surface area contributed by atoms with Crippen molar-refractivity contribution in [2.45, 2.75) is 44.7 Å². The Morgan fingerprint density at radius 3 is 2.55 bits per heavy atom. The Kier molecular flexibility index (Phi) is 6.34. The molecule has 3 rings (SSSR count). The number of halogens is 2. The summed E-state index contributed by atoms with van der Waals surface area (Å²) in [6, 6.07) is 4.47. The van der Waals surface area contributed by atoms with Crippen molar-refractivity contribution in [1.82, 2.24) is 4.90 Å². The molecule has 1 heterocycles. The van der Waals surface area contributed by atoms with Crippen LogP contribution in [0.4, 0.5) is 0 Å². The Balaban J connectivity index is 0.00000176. The van der Waals surface area contributed by atoms with Crippen LogP contribution in [0.3, 0.4) is 0 Å². The molecule has 2 atom stereocenters. The lowest BCUT2D eigenvalue weighted by atomic mass is 9.65. The van der Waals surface area contributed by atoms with E-state index >= 15 is 0 Å². The highest BCUT2D eigenvalue weighted by atomic mass is 79.9. The molecule has 22 heavy (non-hydrogen) atoms. The van der Waals surface area contributed by atoms with Gasteiger partial charge in [-0.05, 0) is 65.6 Å². The molecule has 6 heteroatoms. The van der Waals surface area contributed by atoms with Gasteiger partial charge in [-0.1, -0.05) is 6.42 Å². The van der Waals surface area contributed by atoms with Gasteiger partial charge in [-0.3, -0.25) is 4.79 Å². The number of thiophene rings is 1. The van der Waals surface area contributed by atoms with E-state index in [1.54, 1.807) is 11.3 Å². The third kappa shape index (κ3) is 3.86. The Morgan fingerprint density at radius 1 is 1.36 bits per heavy atom. The maximum atomic E-state index is 12.7. The van der Waals surface area contributed by atoms with Crippen LogP contribution >= 0.6 is 39.7 Å². The zero-order chi connectivity index (χ0) is 15.0. The molecule has 1 amide bonds. The molecule has 2 fully saturated rings. The predicted octanol–water partition coefficient (Wildman–Crippen LogP) is 4.04. The van der Waals surface area contributed by atoms with E-state index in [-0.39, 0.29) is 18.3 Å². The second-order valence-corrected chi connectivity index (χ2v) is 9.14. The van der Waals surface area contributed by atoms with Gasteiger partial charge in [0.25, 0.3) is 0 Å². The van der Waals surface area contributed by atoms with Gasteiger partial charge in [-0.2, -0.15) is 0 Å². The van der Waals surface area contributed by atoms with Crippen LogP contribution in [-0.4, -0.2) is 23.9 Å². The van der Waals surface area contributed by atoms with Crippen molar-refractivity contribution in [2.75, 3.05) is 7.05 Å². The molecule has 0 radical (unpaired) electrons. The van der Waals surface area contributed by atoms with Crippen LogP contribution in [0, 0.1) is 17.8 Å². The number of carbonyl (C=O) groups excluding carboxylic acids is 1. The molecule has 2 aliphatic rings. The van der Waals surface area contributed by atoms with Crippen LogP contribution < -0.4 is 5.73 Å². The normalized spacial score (nSPS) is 30.5. The SMILES string of the molecule is CN(Cc1ccc(Br)s1)C(=O)C1CC2CCCC(C1)C2N.Cl. The first kappa shape index (κ1) is 18.2. The average molecular weight is 408 g/mol. The van der Waals surface area contributed by atoms with Crippen LogP contribution in [0.2, 0.25) is 0 Å². The van der Waals surface area contributed by atoms with Gasteiger partial charge in [-0.15, -0.1) is 23.7 Å². The van der Waals surface area contributed by atoms with Gasteiger partial charge in [0.2, 0.25) is 5.91 Å². The number of amides is 1. The maximum Gasteiger partial charge on any atom is 0.225 e. The van der Waals surface area contributed by atoms with Crippen LogP contribution in [0.5, 0.6) is 0 Å². The van der Waals surface area contributed by atoms with E-state index in [2.05, 4.69) is 22.0 Å². The lowest BCUT2D eigenvalue weighted by Gasteiger charge is -2.44. The average Bonchev–Trinajstić information content (AvgIpc) is 2.83. The summed E-state index contributed by atoms with van der Waals surface area (Å²) in [7, 11) is 1.93. The summed E-state index contributed by atoms with van der Waals surface area (Å²) in [5.74, 6) is 1.63. The second-order valence-electron chi connectivity index (χ2n) is 6.60. The smallest absolute Gasteiger partial charge is 0.225 e. The first-order valence-electron chi connectivity index (χ1n) is 7.79. The van der Waals surface area contributed by atoms with E-state index in [0.717, 1.165) is 16.6 Å². The summed E-state index contributed by atoms with van der Waals surface area (Å²) in [6.07, 6.45) is 5.71. The van der Waals surface area contributed by atoms with Crippen molar-refractivity contribution in [3.8, 4) is 0 Å². The molecule has 0 saturated heterocycles. The number of fused-ring (bicyclic) bond motifs is 2. The summed E-state index contributed by atoms with van der Waals surface area (Å²) >= 11 is 5.18. The molecule has 2 unspecified atom stereocenters. The number of hydrogen-bond acceptors (Lipinski definition) is 3. The molecule has 2 saturated carbocycles. The Bertz CT molecular complexity index is 510. The zero-order valence-corrected chi connectivity index (χ0v) is 16.1. The highest BCUT2D eigenvalue weighted by molar-refractivity contribution is 9.11. The number of nitrogens with two attached hydrogens (primary N) is 1. The summed E-state index contributed by atoms with van der Waals surface area (Å²) in [5.41, 5.74) is 6.32. The maximum absolute atomic E-state index is 12.7. The topological polar surface area (TPSA) is 46.3 Å². The molecule has 2 N–H and O–H groups in total. The Hall–Kier alpha value is -0.100. The molecule has 0 aromatic carbocycles. The first-order chi connectivity index (χ1) is 10.0. The van der Waals surface area contributed by atoms with Gasteiger partial charge in [0.15, 0.2) is 0 Å². The fraction of sp³-hybridized carbons (Fsp3) is 0.688. The van der Waals surface area contributed by atoms with E-state index in [1.807, 2.05) is 18.0 Å². The number of nitrogens with zero attached hydrogens (tertiary/aromatic N) is 1.